The Morgan fingerprint density at radius 2 is 2.05 bits per heavy atom. The Kier molecular flexibility index (Phi) is 5.04. The molecule has 0 bridgehead atoms. The third-order valence-electron chi connectivity index (χ3n) is 3.79. The van der Waals surface area contributed by atoms with Gasteiger partial charge in [-0.3, -0.25) is 4.90 Å². The van der Waals surface area contributed by atoms with Crippen LogP contribution in [-0.2, 0) is 9.47 Å². The van der Waals surface area contributed by atoms with Gasteiger partial charge in [-0.15, -0.1) is 6.58 Å². The Morgan fingerprint density at radius 1 is 1.32 bits per heavy atom. The summed E-state index contributed by atoms with van der Waals surface area (Å²) in [6, 6.07) is 0.501. The Balaban J connectivity index is 1.79. The lowest BCUT2D eigenvalue weighted by Crippen LogP contribution is -2.39. The molecule has 0 saturated carbocycles. The molecular formula is C16H25NO2. The molecule has 0 aliphatic carbocycles. The molecule has 0 spiro atoms. The van der Waals surface area contributed by atoms with Gasteiger partial charge in [0.15, 0.2) is 5.79 Å². The van der Waals surface area contributed by atoms with Gasteiger partial charge in [-0.25, -0.2) is 0 Å². The number of hydrogen-bond donors (Lipinski definition) is 0. The van der Waals surface area contributed by atoms with E-state index in [1.807, 2.05) is 13.8 Å². The Bertz CT molecular complexity index is 357. The van der Waals surface area contributed by atoms with Gasteiger partial charge in [-0.2, -0.15) is 0 Å². The van der Waals surface area contributed by atoms with Crippen molar-refractivity contribution in [3.05, 3.63) is 12.7 Å². The molecule has 2 aliphatic rings. The van der Waals surface area contributed by atoms with Crippen molar-refractivity contribution in [3.63, 3.8) is 0 Å². The maximum Gasteiger partial charge on any atom is 0.162 e. The largest absolute Gasteiger partial charge is 0.349 e. The first-order chi connectivity index (χ1) is 9.11. The van der Waals surface area contributed by atoms with E-state index in [4.69, 9.17) is 9.47 Å². The van der Waals surface area contributed by atoms with Crippen molar-refractivity contribution >= 4 is 0 Å². The number of likely N-dealkylation sites (tertiary alicyclic amines) is 1. The van der Waals surface area contributed by atoms with E-state index < -0.39 is 5.79 Å². The summed E-state index contributed by atoms with van der Waals surface area (Å²) in [7, 11) is 0. The third kappa shape index (κ3) is 4.35. The summed E-state index contributed by atoms with van der Waals surface area (Å²) in [5.41, 5.74) is 0. The highest BCUT2D eigenvalue weighted by molar-refractivity contribution is 5.08. The molecule has 0 amide bonds. The average Bonchev–Trinajstić information content (AvgIpc) is 2.41. The molecule has 3 nitrogen and oxygen atoms in total. The normalized spacial score (nSPS) is 28.4. The Hall–Kier alpha value is -0.820. The zero-order valence-corrected chi connectivity index (χ0v) is 12.2. The molecule has 2 saturated heterocycles. The van der Waals surface area contributed by atoms with E-state index in [2.05, 4.69) is 29.4 Å². The van der Waals surface area contributed by atoms with Crippen LogP contribution in [0.1, 0.15) is 33.1 Å². The minimum Gasteiger partial charge on any atom is -0.349 e. The van der Waals surface area contributed by atoms with Crippen LogP contribution >= 0.6 is 0 Å². The number of piperidine rings is 1. The van der Waals surface area contributed by atoms with E-state index in [1.165, 1.54) is 19.3 Å². The molecule has 2 aliphatic heterocycles. The van der Waals surface area contributed by atoms with Gasteiger partial charge in [0.2, 0.25) is 0 Å². The van der Waals surface area contributed by atoms with Gasteiger partial charge in [0.1, 0.15) is 0 Å². The number of nitrogens with zero attached hydrogens (tertiary/aromatic N) is 1. The minimum absolute atomic E-state index is 0.208. The van der Waals surface area contributed by atoms with Crippen LogP contribution in [0.3, 0.4) is 0 Å². The first-order valence-electron chi connectivity index (χ1n) is 7.23. The molecule has 106 valence electrons. The molecule has 1 unspecified atom stereocenters. The predicted octanol–water partition coefficient (Wildman–Crippen LogP) is 2.43. The van der Waals surface area contributed by atoms with Crippen molar-refractivity contribution in [3.8, 4) is 11.8 Å². The molecule has 3 heteroatoms. The van der Waals surface area contributed by atoms with Crippen LogP contribution < -0.4 is 0 Å². The van der Waals surface area contributed by atoms with E-state index in [0.717, 1.165) is 13.1 Å². The van der Waals surface area contributed by atoms with Gasteiger partial charge in [0, 0.05) is 6.04 Å². The average molecular weight is 263 g/mol. The molecule has 2 heterocycles. The van der Waals surface area contributed by atoms with Crippen LogP contribution in [0.15, 0.2) is 12.7 Å². The summed E-state index contributed by atoms with van der Waals surface area (Å²) in [4.78, 5) is 2.41. The lowest BCUT2D eigenvalue weighted by molar-refractivity contribution is -0.254. The first-order valence-corrected chi connectivity index (χ1v) is 7.23. The highest BCUT2D eigenvalue weighted by Gasteiger charge is 2.27. The summed E-state index contributed by atoms with van der Waals surface area (Å²) in [6.45, 7) is 11.1. The fraction of sp³-hybridized carbons (Fsp3) is 0.750. The summed E-state index contributed by atoms with van der Waals surface area (Å²) in [5, 5.41) is 0. The van der Waals surface area contributed by atoms with Gasteiger partial charge in [-0.1, -0.05) is 24.3 Å². The second kappa shape index (κ2) is 6.56. The fourth-order valence-corrected chi connectivity index (χ4v) is 2.55. The van der Waals surface area contributed by atoms with Gasteiger partial charge < -0.3 is 9.47 Å². The van der Waals surface area contributed by atoms with E-state index in [-0.39, 0.29) is 5.92 Å². The van der Waals surface area contributed by atoms with Crippen molar-refractivity contribution < 1.29 is 9.47 Å². The van der Waals surface area contributed by atoms with Gasteiger partial charge >= 0.3 is 0 Å². The number of hydrogen-bond acceptors (Lipinski definition) is 3. The lowest BCUT2D eigenvalue weighted by Gasteiger charge is -2.33. The van der Waals surface area contributed by atoms with Crippen molar-refractivity contribution in [2.75, 3.05) is 26.3 Å². The maximum atomic E-state index is 5.61. The van der Waals surface area contributed by atoms with Crippen molar-refractivity contribution in [2.45, 2.75) is 44.9 Å². The second-order valence-corrected chi connectivity index (χ2v) is 5.81. The zero-order valence-electron chi connectivity index (χ0n) is 12.2. The number of ether oxygens (including phenoxy) is 2. The highest BCUT2D eigenvalue weighted by atomic mass is 16.7. The monoisotopic (exact) mass is 263 g/mol. The fourth-order valence-electron chi connectivity index (χ4n) is 2.55. The smallest absolute Gasteiger partial charge is 0.162 e. The van der Waals surface area contributed by atoms with E-state index in [1.54, 1.807) is 0 Å². The van der Waals surface area contributed by atoms with Crippen LogP contribution in [0.4, 0.5) is 0 Å². The van der Waals surface area contributed by atoms with Crippen molar-refractivity contribution in [1.29, 1.82) is 0 Å². The summed E-state index contributed by atoms with van der Waals surface area (Å²) >= 11 is 0. The van der Waals surface area contributed by atoms with Crippen LogP contribution in [-0.4, -0.2) is 43.0 Å². The third-order valence-corrected chi connectivity index (χ3v) is 3.79. The van der Waals surface area contributed by atoms with Crippen LogP contribution in [0, 0.1) is 17.8 Å². The molecule has 0 aromatic rings. The van der Waals surface area contributed by atoms with Crippen LogP contribution in [0.2, 0.25) is 0 Å². The SMILES string of the molecule is C=CC1CCCCN1CC#CC1COC(C)(C)OC1. The molecule has 0 radical (unpaired) electrons. The van der Waals surface area contributed by atoms with E-state index in [9.17, 15) is 0 Å². The minimum atomic E-state index is -0.445. The van der Waals surface area contributed by atoms with Crippen molar-refractivity contribution in [1.82, 2.24) is 4.90 Å². The Labute approximate surface area is 116 Å². The first kappa shape index (κ1) is 14.6. The molecule has 0 aromatic carbocycles. The standard InChI is InChI=1S/C16H25NO2/c1-4-15-9-5-6-10-17(15)11-7-8-14-12-18-16(2,3)19-13-14/h4,14-15H,1,5-6,9-13H2,2-3H3. The highest BCUT2D eigenvalue weighted by Crippen LogP contribution is 2.20. The quantitative estimate of drug-likeness (QED) is 0.564. The molecule has 2 fully saturated rings. The predicted molar refractivity (Wildman–Crippen MR) is 76.7 cm³/mol. The molecule has 0 aromatic heterocycles. The van der Waals surface area contributed by atoms with E-state index in [0.29, 0.717) is 19.3 Å². The molecule has 0 N–H and O–H groups in total. The zero-order chi connectivity index (χ0) is 13.7. The summed E-state index contributed by atoms with van der Waals surface area (Å²) in [6.07, 6.45) is 5.85. The van der Waals surface area contributed by atoms with Gasteiger partial charge in [0.05, 0.1) is 25.7 Å². The lowest BCUT2D eigenvalue weighted by atomic mass is 10.0. The van der Waals surface area contributed by atoms with Crippen LogP contribution in [0.5, 0.6) is 0 Å². The molecule has 1 atom stereocenters. The maximum absolute atomic E-state index is 5.61. The van der Waals surface area contributed by atoms with Crippen LogP contribution in [0.25, 0.3) is 0 Å². The molecule has 19 heavy (non-hydrogen) atoms. The van der Waals surface area contributed by atoms with Crippen molar-refractivity contribution in [2.24, 2.45) is 5.92 Å². The summed E-state index contributed by atoms with van der Waals surface area (Å²) < 4.78 is 11.2. The second-order valence-electron chi connectivity index (χ2n) is 5.81. The van der Waals surface area contributed by atoms with Gasteiger partial charge in [-0.05, 0) is 33.2 Å². The van der Waals surface area contributed by atoms with E-state index >= 15 is 0 Å². The number of rotatable bonds is 2. The molecular weight excluding hydrogens is 238 g/mol. The molecule has 2 rings (SSSR count). The topological polar surface area (TPSA) is 21.7 Å². The Morgan fingerprint density at radius 3 is 2.74 bits per heavy atom. The summed E-state index contributed by atoms with van der Waals surface area (Å²) in [5.74, 6) is 6.32. The van der Waals surface area contributed by atoms with Gasteiger partial charge in [0.25, 0.3) is 0 Å².